The number of aromatic nitrogens is 1. The molecular weight excluding hydrogens is 361 g/mol. The first-order chi connectivity index (χ1) is 12.7. The van der Waals surface area contributed by atoms with Crippen LogP contribution in [0.2, 0.25) is 0 Å². The second-order valence-corrected chi connectivity index (χ2v) is 8.88. The van der Waals surface area contributed by atoms with Crippen LogP contribution in [-0.2, 0) is 14.0 Å². The summed E-state index contributed by atoms with van der Waals surface area (Å²) < 4.78 is 17.5. The summed E-state index contributed by atoms with van der Waals surface area (Å²) in [5.74, 6) is 0. The maximum Gasteiger partial charge on any atom is 0.492 e. The molecule has 0 bridgehead atoms. The molecule has 8 nitrogen and oxygen atoms in total. The van der Waals surface area contributed by atoms with Gasteiger partial charge in [-0.2, -0.15) is 0 Å². The Morgan fingerprint density at radius 3 is 2.36 bits per heavy atom. The molecule has 1 aliphatic rings. The first-order valence-corrected chi connectivity index (χ1v) is 9.21. The van der Waals surface area contributed by atoms with Gasteiger partial charge >= 0.3 is 13.2 Å². The zero-order valence-electron chi connectivity index (χ0n) is 17.6. The number of nitrogens with one attached hydrogen (secondary N) is 2. The van der Waals surface area contributed by atoms with E-state index in [9.17, 15) is 9.59 Å². The van der Waals surface area contributed by atoms with Crippen LogP contribution in [0.3, 0.4) is 0 Å². The molecule has 0 unspecified atom stereocenters. The van der Waals surface area contributed by atoms with Crippen molar-refractivity contribution >= 4 is 25.0 Å². The number of H-pyrrole nitrogens is 1. The molecule has 4 N–H and O–H groups in total. The lowest BCUT2D eigenvalue weighted by molar-refractivity contribution is 0.00578. The lowest BCUT2D eigenvalue weighted by Gasteiger charge is -2.32. The van der Waals surface area contributed by atoms with Crippen molar-refractivity contribution in [2.45, 2.75) is 65.3 Å². The largest absolute Gasteiger partial charge is 0.492 e. The van der Waals surface area contributed by atoms with E-state index in [1.54, 1.807) is 32.9 Å². The van der Waals surface area contributed by atoms with Crippen molar-refractivity contribution in [2.24, 2.45) is 0 Å². The zero-order chi connectivity index (χ0) is 21.3. The summed E-state index contributed by atoms with van der Waals surface area (Å²) in [4.78, 5) is 26.2. The summed E-state index contributed by atoms with van der Waals surface area (Å²) in [6.45, 7) is 13.3. The Labute approximate surface area is 166 Å². The maximum absolute atomic E-state index is 12.1. The van der Waals surface area contributed by atoms with Crippen LogP contribution in [0.1, 0.15) is 54.0 Å². The number of carbonyl (C=O) groups is 1. The van der Waals surface area contributed by atoms with Crippen LogP contribution in [-0.4, -0.2) is 41.5 Å². The second kappa shape index (κ2) is 7.64. The highest BCUT2D eigenvalue weighted by Gasteiger charge is 2.52. The predicted molar refractivity (Wildman–Crippen MR) is 110 cm³/mol. The lowest BCUT2D eigenvalue weighted by atomic mass is 9.77. The summed E-state index contributed by atoms with van der Waals surface area (Å²) in [6.07, 6.45) is 2.76. The van der Waals surface area contributed by atoms with Gasteiger partial charge in [-0.25, -0.2) is 4.79 Å². The van der Waals surface area contributed by atoms with Crippen LogP contribution >= 0.6 is 0 Å². The number of rotatable bonds is 4. The molecule has 28 heavy (non-hydrogen) atoms. The van der Waals surface area contributed by atoms with E-state index in [0.717, 1.165) is 0 Å². The van der Waals surface area contributed by atoms with Crippen molar-refractivity contribution in [1.29, 1.82) is 0 Å². The summed E-state index contributed by atoms with van der Waals surface area (Å²) in [5.41, 5.74) is 5.09. The quantitative estimate of drug-likeness (QED) is 0.680. The number of ether oxygens (including phenoxy) is 1. The third-order valence-corrected chi connectivity index (χ3v) is 4.70. The van der Waals surface area contributed by atoms with Gasteiger partial charge in [0, 0.05) is 12.7 Å². The Morgan fingerprint density at radius 1 is 1.29 bits per heavy atom. The third-order valence-electron chi connectivity index (χ3n) is 4.70. The minimum Gasteiger partial charge on any atom is -0.444 e. The lowest BCUT2D eigenvalue weighted by Crippen LogP contribution is -2.41. The van der Waals surface area contributed by atoms with Gasteiger partial charge in [0.25, 0.3) is 5.56 Å². The molecule has 2 rings (SSSR count). The fourth-order valence-corrected chi connectivity index (χ4v) is 2.50. The molecule has 0 aliphatic carbocycles. The minimum absolute atomic E-state index is 0.0992. The summed E-state index contributed by atoms with van der Waals surface area (Å²) in [5, 5.41) is 2.72. The Hall–Kier alpha value is -2.26. The van der Waals surface area contributed by atoms with Gasteiger partial charge in [0.1, 0.15) is 5.60 Å². The number of amides is 1. The van der Waals surface area contributed by atoms with Crippen molar-refractivity contribution in [3.8, 4) is 0 Å². The van der Waals surface area contributed by atoms with E-state index in [2.05, 4.69) is 10.3 Å². The Balaban J connectivity index is 2.28. The van der Waals surface area contributed by atoms with Crippen LogP contribution in [0.25, 0.3) is 6.08 Å². The highest BCUT2D eigenvalue weighted by Crippen LogP contribution is 2.38. The molecule has 0 saturated carbocycles. The standard InChI is InChI=1S/C19H30BN3O5/c1-17(2,3)26-16(25)23-11-13(8-12-9-14(21)15(24)22-10-12)20-27-18(4,5)19(6,7)28-20/h8-10H,11,21H2,1-7H3,(H,22,24)(H,23,25). The number of nitrogens with two attached hydrogens (primary N) is 1. The Morgan fingerprint density at radius 2 is 1.86 bits per heavy atom. The molecule has 1 aromatic heterocycles. The number of alkyl carbamates (subject to hydrolysis) is 1. The third kappa shape index (κ3) is 5.39. The molecular formula is C19H30BN3O5. The topological polar surface area (TPSA) is 116 Å². The van der Waals surface area contributed by atoms with Crippen molar-refractivity contribution < 1.29 is 18.8 Å². The Bertz CT molecular complexity index is 808. The number of hydrogen-bond donors (Lipinski definition) is 3. The average molecular weight is 391 g/mol. The normalized spacial score (nSPS) is 18.8. The van der Waals surface area contributed by atoms with Crippen LogP contribution in [0.4, 0.5) is 10.5 Å². The molecule has 0 spiro atoms. The minimum atomic E-state index is -0.673. The number of carbonyl (C=O) groups excluding carboxylic acids is 1. The molecule has 154 valence electrons. The summed E-state index contributed by atoms with van der Waals surface area (Å²) in [6, 6.07) is 1.55. The number of anilines is 1. The molecule has 0 atom stereocenters. The zero-order valence-corrected chi connectivity index (χ0v) is 17.6. The van der Waals surface area contributed by atoms with Crippen molar-refractivity contribution in [2.75, 3.05) is 12.3 Å². The first kappa shape index (κ1) is 22.0. The van der Waals surface area contributed by atoms with Gasteiger partial charge in [-0.05, 0) is 65.6 Å². The molecule has 0 aromatic carbocycles. The average Bonchev–Trinajstić information content (AvgIpc) is 2.73. The van der Waals surface area contributed by atoms with Gasteiger partial charge < -0.3 is 30.1 Å². The van der Waals surface area contributed by atoms with E-state index in [1.807, 2.05) is 27.7 Å². The van der Waals surface area contributed by atoms with Crippen molar-refractivity contribution in [3.05, 3.63) is 33.7 Å². The molecule has 1 aromatic rings. The van der Waals surface area contributed by atoms with E-state index in [-0.39, 0.29) is 17.8 Å². The fraction of sp³-hybridized carbons (Fsp3) is 0.579. The van der Waals surface area contributed by atoms with Crippen LogP contribution in [0.5, 0.6) is 0 Å². The molecule has 9 heteroatoms. The van der Waals surface area contributed by atoms with Crippen molar-refractivity contribution in [3.63, 3.8) is 0 Å². The molecule has 1 aliphatic heterocycles. The van der Waals surface area contributed by atoms with E-state index < -0.39 is 30.0 Å². The van der Waals surface area contributed by atoms with Gasteiger partial charge in [0.2, 0.25) is 0 Å². The van der Waals surface area contributed by atoms with Crippen molar-refractivity contribution in [1.82, 2.24) is 10.3 Å². The summed E-state index contributed by atoms with van der Waals surface area (Å²) >= 11 is 0. The Kier molecular flexibility index (Phi) is 6.01. The molecule has 2 heterocycles. The molecule has 0 radical (unpaired) electrons. The van der Waals surface area contributed by atoms with E-state index in [1.165, 1.54) is 6.20 Å². The molecule has 1 amide bonds. The number of aromatic amines is 1. The van der Waals surface area contributed by atoms with Gasteiger partial charge in [-0.3, -0.25) is 4.79 Å². The number of hydrogen-bond acceptors (Lipinski definition) is 6. The predicted octanol–water partition coefficient (Wildman–Crippen LogP) is 2.50. The number of pyridine rings is 1. The smallest absolute Gasteiger partial charge is 0.444 e. The van der Waals surface area contributed by atoms with Gasteiger partial charge in [0.15, 0.2) is 0 Å². The van der Waals surface area contributed by atoms with Crippen LogP contribution < -0.4 is 16.6 Å². The SMILES string of the molecule is CC(C)(C)OC(=O)NCC(=Cc1c[nH]c(=O)c(N)c1)B1OC(C)(C)C(C)(C)O1. The number of nitrogen functional groups attached to an aromatic ring is 1. The summed E-state index contributed by atoms with van der Waals surface area (Å²) in [7, 11) is -0.673. The van der Waals surface area contributed by atoms with Gasteiger partial charge in [-0.1, -0.05) is 6.08 Å². The van der Waals surface area contributed by atoms with Crippen LogP contribution in [0, 0.1) is 0 Å². The molecule has 1 fully saturated rings. The fourth-order valence-electron chi connectivity index (χ4n) is 2.50. The van der Waals surface area contributed by atoms with E-state index in [0.29, 0.717) is 11.0 Å². The highest BCUT2D eigenvalue weighted by molar-refractivity contribution is 6.56. The van der Waals surface area contributed by atoms with Gasteiger partial charge in [0.05, 0.1) is 16.9 Å². The van der Waals surface area contributed by atoms with Gasteiger partial charge in [-0.15, -0.1) is 0 Å². The van der Waals surface area contributed by atoms with Crippen LogP contribution in [0.15, 0.2) is 22.5 Å². The second-order valence-electron chi connectivity index (χ2n) is 8.88. The highest BCUT2D eigenvalue weighted by atomic mass is 16.7. The van der Waals surface area contributed by atoms with E-state index in [4.69, 9.17) is 19.8 Å². The molecule has 1 saturated heterocycles. The monoisotopic (exact) mass is 391 g/mol. The van der Waals surface area contributed by atoms with E-state index >= 15 is 0 Å². The first-order valence-electron chi connectivity index (χ1n) is 9.21. The maximum atomic E-state index is 12.1.